The van der Waals surface area contributed by atoms with Gasteiger partial charge in [0.1, 0.15) is 16.5 Å². The molecule has 3 heterocycles. The van der Waals surface area contributed by atoms with Gasteiger partial charge in [-0.15, -0.1) is 16.4 Å². The molecule has 0 bridgehead atoms. The Labute approximate surface area is 152 Å². The SMILES string of the molecule is COCc1nc(Sc2nnnn2C)c2c(-c3ccccc3)csc2n1. The van der Waals surface area contributed by atoms with Crippen molar-refractivity contribution in [3.8, 4) is 11.1 Å². The first-order chi connectivity index (χ1) is 12.3. The molecule has 126 valence electrons. The second-order valence-corrected chi connectivity index (χ2v) is 7.07. The van der Waals surface area contributed by atoms with Crippen LogP contribution in [0.5, 0.6) is 0 Å². The molecular formula is C16H14N6OS2. The average Bonchev–Trinajstić information content (AvgIpc) is 3.23. The Morgan fingerprint density at radius 2 is 2.04 bits per heavy atom. The number of ether oxygens (including phenoxy) is 1. The van der Waals surface area contributed by atoms with E-state index in [1.54, 1.807) is 23.1 Å². The zero-order valence-electron chi connectivity index (χ0n) is 13.6. The van der Waals surface area contributed by atoms with E-state index in [0.29, 0.717) is 17.6 Å². The molecule has 0 fully saturated rings. The minimum absolute atomic E-state index is 0.360. The van der Waals surface area contributed by atoms with E-state index in [2.05, 4.69) is 43.0 Å². The minimum Gasteiger partial charge on any atom is -0.377 e. The number of methoxy groups -OCH3 is 1. The normalized spacial score (nSPS) is 11.3. The van der Waals surface area contributed by atoms with Gasteiger partial charge in [-0.1, -0.05) is 30.3 Å². The monoisotopic (exact) mass is 370 g/mol. The van der Waals surface area contributed by atoms with Gasteiger partial charge in [0.15, 0.2) is 5.82 Å². The summed E-state index contributed by atoms with van der Waals surface area (Å²) in [5.74, 6) is 0.647. The number of fused-ring (bicyclic) bond motifs is 1. The Morgan fingerprint density at radius 1 is 1.20 bits per heavy atom. The molecule has 4 rings (SSSR count). The number of aromatic nitrogens is 6. The molecule has 0 aliphatic rings. The molecule has 0 atom stereocenters. The highest BCUT2D eigenvalue weighted by molar-refractivity contribution is 7.99. The smallest absolute Gasteiger partial charge is 0.215 e. The van der Waals surface area contributed by atoms with Crippen LogP contribution in [0.1, 0.15) is 5.82 Å². The summed E-state index contributed by atoms with van der Waals surface area (Å²) in [6, 6.07) is 10.2. The van der Waals surface area contributed by atoms with Crippen molar-refractivity contribution in [3.05, 3.63) is 41.5 Å². The molecule has 0 N–H and O–H groups in total. The molecule has 0 saturated carbocycles. The minimum atomic E-state index is 0.360. The van der Waals surface area contributed by atoms with Gasteiger partial charge in [-0.2, -0.15) is 0 Å². The van der Waals surface area contributed by atoms with Gasteiger partial charge in [0.05, 0.1) is 5.39 Å². The third-order valence-corrected chi connectivity index (χ3v) is 5.46. The summed E-state index contributed by atoms with van der Waals surface area (Å²) in [6.07, 6.45) is 0. The Bertz CT molecular complexity index is 1010. The molecule has 0 aliphatic heterocycles. The number of aryl methyl sites for hydroxylation is 1. The summed E-state index contributed by atoms with van der Waals surface area (Å²) in [5.41, 5.74) is 2.25. The lowest BCUT2D eigenvalue weighted by molar-refractivity contribution is 0.177. The van der Waals surface area contributed by atoms with Crippen molar-refractivity contribution < 1.29 is 4.74 Å². The Kier molecular flexibility index (Phi) is 4.43. The first-order valence-electron chi connectivity index (χ1n) is 7.49. The maximum Gasteiger partial charge on any atom is 0.215 e. The van der Waals surface area contributed by atoms with Crippen LogP contribution < -0.4 is 0 Å². The van der Waals surface area contributed by atoms with Crippen LogP contribution in [0.15, 0.2) is 45.9 Å². The number of nitrogens with zero attached hydrogens (tertiary/aromatic N) is 6. The van der Waals surface area contributed by atoms with E-state index in [0.717, 1.165) is 26.4 Å². The van der Waals surface area contributed by atoms with E-state index in [-0.39, 0.29) is 0 Å². The molecule has 9 heteroatoms. The topological polar surface area (TPSA) is 78.6 Å². The third kappa shape index (κ3) is 3.13. The van der Waals surface area contributed by atoms with E-state index in [1.807, 2.05) is 25.2 Å². The van der Waals surface area contributed by atoms with E-state index >= 15 is 0 Å². The van der Waals surface area contributed by atoms with Crippen molar-refractivity contribution in [2.45, 2.75) is 16.8 Å². The molecule has 7 nitrogen and oxygen atoms in total. The Balaban J connectivity index is 1.90. The van der Waals surface area contributed by atoms with Gasteiger partial charge >= 0.3 is 0 Å². The highest BCUT2D eigenvalue weighted by Crippen LogP contribution is 2.39. The maximum absolute atomic E-state index is 5.21. The lowest BCUT2D eigenvalue weighted by Crippen LogP contribution is -2.00. The van der Waals surface area contributed by atoms with Crippen LogP contribution in [-0.4, -0.2) is 37.3 Å². The predicted molar refractivity (Wildman–Crippen MR) is 96.5 cm³/mol. The van der Waals surface area contributed by atoms with Gasteiger partial charge < -0.3 is 4.74 Å². The van der Waals surface area contributed by atoms with Crippen LogP contribution in [0, 0.1) is 0 Å². The number of hydrogen-bond acceptors (Lipinski definition) is 8. The second kappa shape index (κ2) is 6.87. The van der Waals surface area contributed by atoms with Gasteiger partial charge in [0, 0.05) is 25.1 Å². The third-order valence-electron chi connectivity index (χ3n) is 3.57. The molecular weight excluding hydrogens is 356 g/mol. The quantitative estimate of drug-likeness (QED) is 0.499. The predicted octanol–water partition coefficient (Wildman–Crippen LogP) is 3.18. The van der Waals surface area contributed by atoms with Crippen molar-refractivity contribution in [2.75, 3.05) is 7.11 Å². The molecule has 3 aromatic heterocycles. The molecule has 0 aliphatic carbocycles. The zero-order chi connectivity index (χ0) is 17.2. The first kappa shape index (κ1) is 16.1. The molecule has 0 saturated heterocycles. The summed E-state index contributed by atoms with van der Waals surface area (Å²) < 4.78 is 6.84. The summed E-state index contributed by atoms with van der Waals surface area (Å²) in [5, 5.41) is 16.3. The summed E-state index contributed by atoms with van der Waals surface area (Å²) in [7, 11) is 3.44. The number of rotatable bonds is 5. The van der Waals surface area contributed by atoms with Crippen molar-refractivity contribution in [1.82, 2.24) is 30.2 Å². The molecule has 0 amide bonds. The first-order valence-corrected chi connectivity index (χ1v) is 9.18. The molecule has 0 unspecified atom stereocenters. The fourth-order valence-electron chi connectivity index (χ4n) is 2.44. The van der Waals surface area contributed by atoms with E-state index in [4.69, 9.17) is 4.74 Å². The molecule has 25 heavy (non-hydrogen) atoms. The van der Waals surface area contributed by atoms with Crippen molar-refractivity contribution in [2.24, 2.45) is 7.05 Å². The number of benzene rings is 1. The fourth-order valence-corrected chi connectivity index (χ4v) is 4.35. The number of thiophene rings is 1. The van der Waals surface area contributed by atoms with E-state index < -0.39 is 0 Å². The summed E-state index contributed by atoms with van der Waals surface area (Å²) in [4.78, 5) is 10.3. The second-order valence-electron chi connectivity index (χ2n) is 5.26. The molecule has 4 aromatic rings. The number of tetrazole rings is 1. The average molecular weight is 370 g/mol. The van der Waals surface area contributed by atoms with Crippen LogP contribution in [-0.2, 0) is 18.4 Å². The van der Waals surface area contributed by atoms with Gasteiger partial charge in [0.2, 0.25) is 5.16 Å². The van der Waals surface area contributed by atoms with Gasteiger partial charge in [-0.25, -0.2) is 14.6 Å². The standard InChI is InChI=1S/C16H14N6OS2/c1-22-16(19-20-21-22)25-15-13-11(10-6-4-3-5-7-10)9-24-14(13)17-12(18-15)8-23-2/h3-7,9H,8H2,1-2H3. The van der Waals surface area contributed by atoms with Gasteiger partial charge in [-0.05, 0) is 27.8 Å². The van der Waals surface area contributed by atoms with Gasteiger partial charge in [0.25, 0.3) is 0 Å². The van der Waals surface area contributed by atoms with Crippen LogP contribution >= 0.6 is 23.1 Å². The van der Waals surface area contributed by atoms with Crippen LogP contribution in [0.3, 0.4) is 0 Å². The van der Waals surface area contributed by atoms with Gasteiger partial charge in [-0.3, -0.25) is 0 Å². The maximum atomic E-state index is 5.21. The van der Waals surface area contributed by atoms with Crippen LogP contribution in [0.2, 0.25) is 0 Å². The Hall–Kier alpha value is -2.36. The van der Waals surface area contributed by atoms with Crippen molar-refractivity contribution in [3.63, 3.8) is 0 Å². The summed E-state index contributed by atoms with van der Waals surface area (Å²) in [6.45, 7) is 0.360. The van der Waals surface area contributed by atoms with Crippen LogP contribution in [0.4, 0.5) is 0 Å². The summed E-state index contributed by atoms with van der Waals surface area (Å²) >= 11 is 3.03. The lowest BCUT2D eigenvalue weighted by atomic mass is 10.1. The highest BCUT2D eigenvalue weighted by Gasteiger charge is 2.18. The van der Waals surface area contributed by atoms with Crippen molar-refractivity contribution in [1.29, 1.82) is 0 Å². The molecule has 0 spiro atoms. The molecule has 0 radical (unpaired) electrons. The Morgan fingerprint density at radius 3 is 2.76 bits per heavy atom. The largest absolute Gasteiger partial charge is 0.377 e. The molecule has 1 aromatic carbocycles. The lowest BCUT2D eigenvalue weighted by Gasteiger charge is -2.07. The van der Waals surface area contributed by atoms with E-state index in [1.165, 1.54) is 11.8 Å². The zero-order valence-corrected chi connectivity index (χ0v) is 15.2. The van der Waals surface area contributed by atoms with Crippen LogP contribution in [0.25, 0.3) is 21.3 Å². The van der Waals surface area contributed by atoms with E-state index in [9.17, 15) is 0 Å². The highest BCUT2D eigenvalue weighted by atomic mass is 32.2. The fraction of sp³-hybridized carbons (Fsp3) is 0.188. The number of hydrogen-bond donors (Lipinski definition) is 0. The van der Waals surface area contributed by atoms with Crippen molar-refractivity contribution >= 4 is 33.3 Å².